The summed E-state index contributed by atoms with van der Waals surface area (Å²) in [6, 6.07) is 15.1. The lowest BCUT2D eigenvalue weighted by molar-refractivity contribution is 0.889. The molecule has 1 heterocycles. The molecule has 108 valence electrons. The number of fused-ring (bicyclic) bond motifs is 3. The van der Waals surface area contributed by atoms with E-state index in [9.17, 15) is 0 Å². The highest BCUT2D eigenvalue weighted by molar-refractivity contribution is 6.09. The van der Waals surface area contributed by atoms with Gasteiger partial charge in [-0.15, -0.1) is 0 Å². The molecule has 2 aromatic carbocycles. The number of aryl methyl sites for hydroxylation is 1. The van der Waals surface area contributed by atoms with Crippen LogP contribution in [-0.2, 0) is 6.42 Å². The van der Waals surface area contributed by atoms with E-state index in [1.54, 1.807) is 0 Å². The normalized spacial score (nSPS) is 11.1. The topological polar surface area (TPSA) is 24.9 Å². The number of hydrogen-bond acceptors (Lipinski definition) is 2. The van der Waals surface area contributed by atoms with Gasteiger partial charge < -0.3 is 5.32 Å². The fraction of sp³-hybridized carbons (Fsp3) is 0.316. The van der Waals surface area contributed by atoms with Crippen LogP contribution >= 0.6 is 0 Å². The largest absolute Gasteiger partial charge is 0.384 e. The van der Waals surface area contributed by atoms with Crippen molar-refractivity contribution < 1.29 is 0 Å². The van der Waals surface area contributed by atoms with Gasteiger partial charge in [0.2, 0.25) is 0 Å². The van der Waals surface area contributed by atoms with Crippen molar-refractivity contribution in [1.29, 1.82) is 0 Å². The van der Waals surface area contributed by atoms with Crippen LogP contribution in [0.4, 0.5) is 5.69 Å². The first-order valence-electron chi connectivity index (χ1n) is 7.88. The van der Waals surface area contributed by atoms with Gasteiger partial charge in [0.15, 0.2) is 0 Å². The van der Waals surface area contributed by atoms with Gasteiger partial charge in [-0.05, 0) is 24.3 Å². The van der Waals surface area contributed by atoms with Crippen LogP contribution in [0.5, 0.6) is 0 Å². The van der Waals surface area contributed by atoms with Crippen LogP contribution in [0, 0.1) is 0 Å². The van der Waals surface area contributed by atoms with Crippen molar-refractivity contribution in [1.82, 2.24) is 4.98 Å². The maximum absolute atomic E-state index is 4.92. The maximum Gasteiger partial charge on any atom is 0.0804 e. The van der Waals surface area contributed by atoms with Crippen LogP contribution < -0.4 is 5.32 Å². The van der Waals surface area contributed by atoms with Gasteiger partial charge in [-0.3, -0.25) is 4.98 Å². The molecule has 2 nitrogen and oxygen atoms in total. The van der Waals surface area contributed by atoms with Crippen molar-refractivity contribution in [2.24, 2.45) is 0 Å². The molecule has 0 radical (unpaired) electrons. The maximum atomic E-state index is 4.92. The highest BCUT2D eigenvalue weighted by Crippen LogP contribution is 2.30. The zero-order valence-electron chi connectivity index (χ0n) is 12.8. The van der Waals surface area contributed by atoms with Crippen molar-refractivity contribution in [3.05, 3.63) is 48.2 Å². The summed E-state index contributed by atoms with van der Waals surface area (Å²) in [5.74, 6) is 0. The Kier molecular flexibility index (Phi) is 4.05. The molecule has 0 saturated carbocycles. The SMILES string of the molecule is CCCNc1cc(CCC)nc2c1ccc1ccccc12. The molecule has 0 fully saturated rings. The highest BCUT2D eigenvalue weighted by atomic mass is 14.9. The van der Waals surface area contributed by atoms with Crippen molar-refractivity contribution >= 4 is 27.4 Å². The minimum absolute atomic E-state index is 0.998. The Labute approximate surface area is 126 Å². The summed E-state index contributed by atoms with van der Waals surface area (Å²) in [5, 5.41) is 7.28. The summed E-state index contributed by atoms with van der Waals surface area (Å²) in [7, 11) is 0. The number of nitrogens with one attached hydrogen (secondary N) is 1. The fourth-order valence-electron chi connectivity index (χ4n) is 2.80. The second-order valence-electron chi connectivity index (χ2n) is 5.52. The molecule has 0 aliphatic carbocycles. The van der Waals surface area contributed by atoms with Gasteiger partial charge >= 0.3 is 0 Å². The zero-order chi connectivity index (χ0) is 14.7. The molecule has 0 atom stereocenters. The Balaban J connectivity index is 2.26. The Morgan fingerprint density at radius 1 is 0.952 bits per heavy atom. The average Bonchev–Trinajstić information content (AvgIpc) is 2.52. The summed E-state index contributed by atoms with van der Waals surface area (Å²) in [5.41, 5.74) is 3.52. The van der Waals surface area contributed by atoms with E-state index in [0.29, 0.717) is 0 Å². The number of benzene rings is 2. The zero-order valence-corrected chi connectivity index (χ0v) is 12.8. The van der Waals surface area contributed by atoms with E-state index in [-0.39, 0.29) is 0 Å². The highest BCUT2D eigenvalue weighted by Gasteiger charge is 2.08. The molecular formula is C19H22N2. The number of hydrogen-bond donors (Lipinski definition) is 1. The predicted molar refractivity (Wildman–Crippen MR) is 92.0 cm³/mol. The predicted octanol–water partition coefficient (Wildman–Crippen LogP) is 5.16. The number of pyridine rings is 1. The Hall–Kier alpha value is -2.09. The molecule has 0 unspecified atom stereocenters. The molecule has 0 aliphatic rings. The smallest absolute Gasteiger partial charge is 0.0804 e. The number of anilines is 1. The van der Waals surface area contributed by atoms with Gasteiger partial charge in [-0.1, -0.05) is 56.7 Å². The molecule has 1 aromatic heterocycles. The summed E-state index contributed by atoms with van der Waals surface area (Å²) >= 11 is 0. The van der Waals surface area contributed by atoms with Gasteiger partial charge in [0.1, 0.15) is 0 Å². The summed E-state index contributed by atoms with van der Waals surface area (Å²) in [4.78, 5) is 4.92. The van der Waals surface area contributed by atoms with Gasteiger partial charge in [-0.25, -0.2) is 0 Å². The molecule has 0 saturated heterocycles. The molecular weight excluding hydrogens is 256 g/mol. The van der Waals surface area contributed by atoms with Crippen molar-refractivity contribution in [2.45, 2.75) is 33.1 Å². The lowest BCUT2D eigenvalue weighted by Crippen LogP contribution is -2.03. The third-order valence-corrected chi connectivity index (χ3v) is 3.83. The third-order valence-electron chi connectivity index (χ3n) is 3.83. The number of rotatable bonds is 5. The Morgan fingerprint density at radius 3 is 2.62 bits per heavy atom. The molecule has 1 N–H and O–H groups in total. The van der Waals surface area contributed by atoms with E-state index in [2.05, 4.69) is 61.6 Å². The van der Waals surface area contributed by atoms with Gasteiger partial charge in [-0.2, -0.15) is 0 Å². The lowest BCUT2D eigenvalue weighted by atomic mass is 10.0. The Bertz CT molecular complexity index is 762. The molecule has 0 bridgehead atoms. The molecule has 21 heavy (non-hydrogen) atoms. The molecule has 3 aromatic rings. The Morgan fingerprint density at radius 2 is 1.81 bits per heavy atom. The van der Waals surface area contributed by atoms with E-state index in [1.807, 2.05) is 0 Å². The first kappa shape index (κ1) is 13.9. The minimum Gasteiger partial charge on any atom is -0.384 e. The standard InChI is InChI=1S/C19H22N2/c1-3-7-15-13-18(20-12-4-2)17-11-10-14-8-5-6-9-16(14)19(17)21-15/h5-6,8-11,13H,3-4,7,12H2,1-2H3,(H,20,21). The third kappa shape index (κ3) is 2.71. The summed E-state index contributed by atoms with van der Waals surface area (Å²) < 4.78 is 0. The average molecular weight is 278 g/mol. The minimum atomic E-state index is 0.998. The quantitative estimate of drug-likeness (QED) is 0.652. The van der Waals surface area contributed by atoms with E-state index < -0.39 is 0 Å². The second-order valence-corrected chi connectivity index (χ2v) is 5.52. The number of nitrogens with zero attached hydrogens (tertiary/aromatic N) is 1. The van der Waals surface area contributed by atoms with Crippen LogP contribution in [0.15, 0.2) is 42.5 Å². The van der Waals surface area contributed by atoms with Crippen LogP contribution in [0.1, 0.15) is 32.4 Å². The van der Waals surface area contributed by atoms with Crippen LogP contribution in [0.2, 0.25) is 0 Å². The van der Waals surface area contributed by atoms with E-state index >= 15 is 0 Å². The van der Waals surface area contributed by atoms with Crippen molar-refractivity contribution in [3.8, 4) is 0 Å². The van der Waals surface area contributed by atoms with Crippen LogP contribution in [-0.4, -0.2) is 11.5 Å². The second kappa shape index (κ2) is 6.13. The van der Waals surface area contributed by atoms with E-state index in [4.69, 9.17) is 4.98 Å². The summed E-state index contributed by atoms with van der Waals surface area (Å²) in [6.07, 6.45) is 3.27. The van der Waals surface area contributed by atoms with Gasteiger partial charge in [0.25, 0.3) is 0 Å². The van der Waals surface area contributed by atoms with E-state index in [1.165, 1.54) is 27.5 Å². The summed E-state index contributed by atoms with van der Waals surface area (Å²) in [6.45, 7) is 5.39. The molecule has 3 rings (SSSR count). The fourth-order valence-corrected chi connectivity index (χ4v) is 2.80. The molecule has 0 aliphatic heterocycles. The lowest BCUT2D eigenvalue weighted by Gasteiger charge is -2.13. The first-order chi connectivity index (χ1) is 10.3. The molecule has 0 spiro atoms. The van der Waals surface area contributed by atoms with Gasteiger partial charge in [0.05, 0.1) is 5.52 Å². The van der Waals surface area contributed by atoms with E-state index in [0.717, 1.165) is 31.3 Å². The molecule has 0 amide bonds. The van der Waals surface area contributed by atoms with Crippen LogP contribution in [0.25, 0.3) is 21.7 Å². The van der Waals surface area contributed by atoms with Gasteiger partial charge in [0, 0.05) is 28.7 Å². The first-order valence-corrected chi connectivity index (χ1v) is 7.88. The van der Waals surface area contributed by atoms with Crippen LogP contribution in [0.3, 0.4) is 0 Å². The van der Waals surface area contributed by atoms with Crippen molar-refractivity contribution in [3.63, 3.8) is 0 Å². The molecule has 2 heteroatoms. The number of aromatic nitrogens is 1. The monoisotopic (exact) mass is 278 g/mol. The van der Waals surface area contributed by atoms with Crippen molar-refractivity contribution in [2.75, 3.05) is 11.9 Å².